The van der Waals surface area contributed by atoms with Gasteiger partial charge >= 0.3 is 0 Å². The molecule has 5 nitrogen and oxygen atoms in total. The maximum atomic E-state index is 13.4. The molecule has 0 saturated heterocycles. The molecule has 0 unspecified atom stereocenters. The topological polar surface area (TPSA) is 67.9 Å². The average Bonchev–Trinajstić information content (AvgIpc) is 2.79. The van der Waals surface area contributed by atoms with Crippen molar-refractivity contribution in [3.05, 3.63) is 92.7 Å². The summed E-state index contributed by atoms with van der Waals surface area (Å²) in [5.41, 5.74) is 2.88. The quantitative estimate of drug-likeness (QED) is 0.423. The van der Waals surface area contributed by atoms with Crippen LogP contribution in [0.25, 0.3) is 22.3 Å². The second kappa shape index (κ2) is 8.52. The number of aromatic nitrogens is 2. The van der Waals surface area contributed by atoms with Crippen LogP contribution in [0.2, 0.25) is 0 Å². The Morgan fingerprint density at radius 1 is 1.10 bits per heavy atom. The number of rotatable bonds is 5. The molecule has 0 N–H and O–H groups in total. The molecule has 0 radical (unpaired) electrons. The van der Waals surface area contributed by atoms with E-state index in [1.807, 2.05) is 42.5 Å². The Bertz CT molecular complexity index is 1320. The highest BCUT2D eigenvalue weighted by molar-refractivity contribution is 9.10. The summed E-state index contributed by atoms with van der Waals surface area (Å²) >= 11 is 3.44. The minimum atomic E-state index is -0.104. The predicted octanol–water partition coefficient (Wildman–Crippen LogP) is 4.95. The van der Waals surface area contributed by atoms with E-state index in [-0.39, 0.29) is 5.56 Å². The number of nitriles is 1. The average molecular weight is 460 g/mol. The number of halogens is 1. The minimum Gasteiger partial charge on any atom is -0.497 e. The van der Waals surface area contributed by atoms with Crippen LogP contribution in [0.5, 0.6) is 5.75 Å². The van der Waals surface area contributed by atoms with Gasteiger partial charge in [0.05, 0.1) is 29.6 Å². The number of methoxy groups -OCH3 is 1. The third kappa shape index (κ3) is 3.98. The first-order valence-electron chi connectivity index (χ1n) is 9.42. The summed E-state index contributed by atoms with van der Waals surface area (Å²) in [6.45, 7) is 0.465. The predicted molar refractivity (Wildman–Crippen MR) is 121 cm³/mol. The van der Waals surface area contributed by atoms with Gasteiger partial charge in [0.15, 0.2) is 0 Å². The van der Waals surface area contributed by atoms with E-state index in [4.69, 9.17) is 9.72 Å². The second-order valence-corrected chi connectivity index (χ2v) is 7.76. The lowest BCUT2D eigenvalue weighted by Crippen LogP contribution is -2.24. The Balaban J connectivity index is 1.83. The zero-order chi connectivity index (χ0) is 21.1. The summed E-state index contributed by atoms with van der Waals surface area (Å²) in [6, 6.07) is 22.6. The highest BCUT2D eigenvalue weighted by Crippen LogP contribution is 2.23. The van der Waals surface area contributed by atoms with Crippen molar-refractivity contribution in [3.8, 4) is 23.2 Å². The highest BCUT2D eigenvalue weighted by Gasteiger charge is 2.14. The Morgan fingerprint density at radius 2 is 1.90 bits per heavy atom. The molecule has 4 rings (SSSR count). The fourth-order valence-electron chi connectivity index (χ4n) is 3.38. The summed E-state index contributed by atoms with van der Waals surface area (Å²) < 4.78 is 7.73. The van der Waals surface area contributed by atoms with Gasteiger partial charge in [0.2, 0.25) is 0 Å². The third-order valence-electron chi connectivity index (χ3n) is 4.95. The molecular weight excluding hydrogens is 442 g/mol. The Labute approximate surface area is 182 Å². The summed E-state index contributed by atoms with van der Waals surface area (Å²) in [6.07, 6.45) is 0.663. The Morgan fingerprint density at radius 3 is 2.63 bits per heavy atom. The number of hydrogen-bond acceptors (Lipinski definition) is 4. The third-order valence-corrected chi connectivity index (χ3v) is 5.44. The maximum Gasteiger partial charge on any atom is 0.261 e. The van der Waals surface area contributed by atoms with E-state index >= 15 is 0 Å². The summed E-state index contributed by atoms with van der Waals surface area (Å²) in [7, 11) is 1.63. The molecule has 3 aromatic carbocycles. The van der Waals surface area contributed by atoms with E-state index in [2.05, 4.69) is 22.0 Å². The van der Waals surface area contributed by atoms with Crippen LogP contribution in [0.3, 0.4) is 0 Å². The van der Waals surface area contributed by atoms with Crippen LogP contribution in [-0.4, -0.2) is 16.7 Å². The first kappa shape index (κ1) is 19.9. The van der Waals surface area contributed by atoms with E-state index in [0.717, 1.165) is 21.3 Å². The fourth-order valence-corrected chi connectivity index (χ4v) is 3.74. The number of nitrogens with zero attached hydrogens (tertiary/aromatic N) is 3. The molecule has 0 bridgehead atoms. The Kier molecular flexibility index (Phi) is 5.64. The maximum absolute atomic E-state index is 13.4. The first-order valence-corrected chi connectivity index (χ1v) is 10.2. The van der Waals surface area contributed by atoms with Crippen LogP contribution in [-0.2, 0) is 13.0 Å². The number of aryl methyl sites for hydroxylation is 1. The zero-order valence-electron chi connectivity index (χ0n) is 16.3. The van der Waals surface area contributed by atoms with Crippen molar-refractivity contribution in [3.63, 3.8) is 0 Å². The molecule has 0 fully saturated rings. The highest BCUT2D eigenvalue weighted by atomic mass is 79.9. The second-order valence-electron chi connectivity index (χ2n) is 6.84. The van der Waals surface area contributed by atoms with E-state index in [1.165, 1.54) is 0 Å². The number of hydrogen-bond donors (Lipinski definition) is 0. The standard InChI is InChI=1S/C24H18BrN3O2/c1-30-20-8-5-16(6-9-20)11-12-28-23(18-4-2-3-17(13-18)15-26)27-22-10-7-19(25)14-21(22)24(28)29/h2-10,13-14H,11-12H2,1H3. The molecular formula is C24H18BrN3O2. The molecule has 0 aliphatic heterocycles. The monoisotopic (exact) mass is 459 g/mol. The molecule has 0 aliphatic rings. The molecule has 1 aromatic heterocycles. The van der Waals surface area contributed by atoms with Crippen molar-refractivity contribution >= 4 is 26.8 Å². The van der Waals surface area contributed by atoms with Crippen molar-refractivity contribution in [2.24, 2.45) is 0 Å². The van der Waals surface area contributed by atoms with Crippen molar-refractivity contribution in [2.75, 3.05) is 7.11 Å². The smallest absolute Gasteiger partial charge is 0.261 e. The molecule has 0 amide bonds. The number of fused-ring (bicyclic) bond motifs is 1. The number of ether oxygens (including phenoxy) is 1. The molecule has 148 valence electrons. The van der Waals surface area contributed by atoms with Crippen LogP contribution < -0.4 is 10.3 Å². The molecule has 0 spiro atoms. The lowest BCUT2D eigenvalue weighted by Gasteiger charge is -2.14. The largest absolute Gasteiger partial charge is 0.497 e. The van der Waals surface area contributed by atoms with Crippen LogP contribution in [0.1, 0.15) is 11.1 Å². The van der Waals surface area contributed by atoms with Crippen molar-refractivity contribution in [1.29, 1.82) is 5.26 Å². The Hall–Kier alpha value is -3.43. The normalized spacial score (nSPS) is 10.7. The summed E-state index contributed by atoms with van der Waals surface area (Å²) in [5, 5.41) is 9.83. The van der Waals surface area contributed by atoms with Crippen LogP contribution in [0.4, 0.5) is 0 Å². The van der Waals surface area contributed by atoms with Gasteiger partial charge in [-0.25, -0.2) is 4.98 Å². The van der Waals surface area contributed by atoms with E-state index in [9.17, 15) is 10.1 Å². The lowest BCUT2D eigenvalue weighted by atomic mass is 10.1. The molecule has 1 heterocycles. The van der Waals surface area contributed by atoms with E-state index in [1.54, 1.807) is 35.9 Å². The van der Waals surface area contributed by atoms with Gasteiger partial charge in [-0.3, -0.25) is 9.36 Å². The van der Waals surface area contributed by atoms with Crippen molar-refractivity contribution < 1.29 is 4.74 Å². The first-order chi connectivity index (χ1) is 14.6. The lowest BCUT2D eigenvalue weighted by molar-refractivity contribution is 0.414. The van der Waals surface area contributed by atoms with Gasteiger partial charge in [0.1, 0.15) is 11.6 Å². The minimum absolute atomic E-state index is 0.104. The zero-order valence-corrected chi connectivity index (χ0v) is 17.9. The van der Waals surface area contributed by atoms with E-state index in [0.29, 0.717) is 35.3 Å². The SMILES string of the molecule is COc1ccc(CCn2c(-c3cccc(C#N)c3)nc3ccc(Br)cc3c2=O)cc1. The van der Waals surface area contributed by atoms with Gasteiger partial charge in [-0.1, -0.05) is 40.2 Å². The fraction of sp³-hybridized carbons (Fsp3) is 0.125. The van der Waals surface area contributed by atoms with Gasteiger partial charge in [-0.05, 0) is 54.4 Å². The van der Waals surface area contributed by atoms with Gasteiger partial charge in [-0.15, -0.1) is 0 Å². The van der Waals surface area contributed by atoms with Crippen LogP contribution >= 0.6 is 15.9 Å². The summed E-state index contributed by atoms with van der Waals surface area (Å²) in [5.74, 6) is 1.35. The number of benzene rings is 3. The summed E-state index contributed by atoms with van der Waals surface area (Å²) in [4.78, 5) is 18.1. The molecule has 4 aromatic rings. The molecule has 0 atom stereocenters. The van der Waals surface area contributed by atoms with Gasteiger partial charge in [0, 0.05) is 16.6 Å². The van der Waals surface area contributed by atoms with Gasteiger partial charge in [0.25, 0.3) is 5.56 Å². The van der Waals surface area contributed by atoms with Gasteiger partial charge < -0.3 is 4.74 Å². The van der Waals surface area contributed by atoms with Crippen molar-refractivity contribution in [1.82, 2.24) is 9.55 Å². The van der Waals surface area contributed by atoms with E-state index < -0.39 is 0 Å². The van der Waals surface area contributed by atoms with Crippen LogP contribution in [0, 0.1) is 11.3 Å². The molecule has 0 aliphatic carbocycles. The van der Waals surface area contributed by atoms with Crippen molar-refractivity contribution in [2.45, 2.75) is 13.0 Å². The molecule has 6 heteroatoms. The molecule has 30 heavy (non-hydrogen) atoms. The molecule has 0 saturated carbocycles. The van der Waals surface area contributed by atoms with Crippen LogP contribution in [0.15, 0.2) is 76.0 Å². The van der Waals surface area contributed by atoms with Gasteiger partial charge in [-0.2, -0.15) is 5.26 Å².